The number of amides is 1. The average Bonchev–Trinajstić information content (AvgIpc) is 2.81. The predicted octanol–water partition coefficient (Wildman–Crippen LogP) is 4.33. The van der Waals surface area contributed by atoms with E-state index >= 15 is 0 Å². The van der Waals surface area contributed by atoms with Crippen LogP contribution in [0.25, 0.3) is 10.9 Å². The van der Waals surface area contributed by atoms with Crippen LogP contribution in [0.4, 0.5) is 5.69 Å². The third-order valence-corrected chi connectivity index (χ3v) is 7.15. The molecule has 0 aliphatic carbocycles. The number of carbonyl (C=O) groups excluding carboxylic acids is 1. The monoisotopic (exact) mass is 481 g/mol. The number of aryl methyl sites for hydroxylation is 1. The van der Waals surface area contributed by atoms with Gasteiger partial charge in [0.25, 0.3) is 5.91 Å². The number of fused-ring (bicyclic) bond motifs is 2. The molecule has 1 saturated heterocycles. The van der Waals surface area contributed by atoms with Crippen LogP contribution in [-0.4, -0.2) is 49.9 Å². The van der Waals surface area contributed by atoms with E-state index in [9.17, 15) is 13.9 Å². The van der Waals surface area contributed by atoms with Crippen molar-refractivity contribution in [1.82, 2.24) is 9.88 Å². The molecule has 0 bridgehead atoms. The highest BCUT2D eigenvalue weighted by molar-refractivity contribution is 8.24. The van der Waals surface area contributed by atoms with Gasteiger partial charge in [-0.25, -0.2) is 0 Å². The lowest BCUT2D eigenvalue weighted by Gasteiger charge is -2.36. The fraction of sp³-hybridized carbons (Fsp3) is 0.292. The van der Waals surface area contributed by atoms with Gasteiger partial charge in [0.15, 0.2) is 5.84 Å². The molecule has 0 radical (unpaired) electrons. The number of hydrogen-bond acceptors (Lipinski definition) is 8. The van der Waals surface area contributed by atoms with Crippen LogP contribution in [0.2, 0.25) is 0 Å². The summed E-state index contributed by atoms with van der Waals surface area (Å²) in [6.45, 7) is 2.94. The number of carbonyl (C=O) groups is 1. The van der Waals surface area contributed by atoms with Crippen LogP contribution in [0.1, 0.15) is 40.7 Å². The zero-order chi connectivity index (χ0) is 23.9. The second kappa shape index (κ2) is 8.79. The topological polar surface area (TPSA) is 133 Å². The number of nitrogens with zero attached hydrogens (tertiary/aromatic N) is 3. The van der Waals surface area contributed by atoms with Crippen LogP contribution >= 0.6 is 11.0 Å². The Morgan fingerprint density at radius 3 is 2.97 bits per heavy atom. The molecular weight excluding hydrogens is 454 g/mol. The summed E-state index contributed by atoms with van der Waals surface area (Å²) in [5.41, 5.74) is 9.45. The summed E-state index contributed by atoms with van der Waals surface area (Å²) in [5, 5.41) is 0.851. The zero-order valence-corrected chi connectivity index (χ0v) is 19.6. The van der Waals surface area contributed by atoms with Crippen LogP contribution in [0, 0.1) is 6.92 Å². The molecule has 10 heteroatoms. The number of ether oxygens (including phenoxy) is 1. The number of aromatic nitrogens is 1. The van der Waals surface area contributed by atoms with Gasteiger partial charge < -0.3 is 15.4 Å². The fourth-order valence-electron chi connectivity index (χ4n) is 4.58. The summed E-state index contributed by atoms with van der Waals surface area (Å²) >= 11 is 0. The van der Waals surface area contributed by atoms with Gasteiger partial charge in [0, 0.05) is 18.1 Å². The summed E-state index contributed by atoms with van der Waals surface area (Å²) in [6, 6.07) is 12.8. The van der Waals surface area contributed by atoms with Crippen LogP contribution in [-0.2, 0) is 0 Å². The van der Waals surface area contributed by atoms with Crippen LogP contribution in [0.3, 0.4) is 0 Å². The molecule has 34 heavy (non-hydrogen) atoms. The van der Waals surface area contributed by atoms with E-state index in [1.807, 2.05) is 30.0 Å². The fourth-order valence-corrected chi connectivity index (χ4v) is 5.46. The summed E-state index contributed by atoms with van der Waals surface area (Å²) < 4.78 is 32.3. The lowest BCUT2D eigenvalue weighted by Crippen LogP contribution is -2.46. The highest BCUT2D eigenvalue weighted by atomic mass is 32.3. The van der Waals surface area contributed by atoms with Crippen molar-refractivity contribution >= 4 is 39.3 Å². The molecule has 0 saturated carbocycles. The van der Waals surface area contributed by atoms with Gasteiger partial charge in [-0.1, -0.05) is 17.7 Å². The molecule has 1 amide bonds. The van der Waals surface area contributed by atoms with Crippen molar-refractivity contribution in [2.45, 2.75) is 32.2 Å². The number of amidine groups is 1. The van der Waals surface area contributed by atoms with E-state index in [1.165, 1.54) is 0 Å². The van der Waals surface area contributed by atoms with Crippen molar-refractivity contribution < 1.29 is 18.6 Å². The van der Waals surface area contributed by atoms with Crippen molar-refractivity contribution in [3.05, 3.63) is 65.4 Å². The molecule has 1 atom stereocenters. The molecule has 3 heterocycles. The van der Waals surface area contributed by atoms with Crippen LogP contribution in [0.15, 0.2) is 53.1 Å². The second-order valence-corrected chi connectivity index (χ2v) is 10.0. The Hall–Kier alpha value is -3.34. The summed E-state index contributed by atoms with van der Waals surface area (Å²) in [7, 11) is -3.37. The van der Waals surface area contributed by atoms with E-state index in [4.69, 9.17) is 10.5 Å². The van der Waals surface area contributed by atoms with Gasteiger partial charge >= 0.3 is 0 Å². The van der Waals surface area contributed by atoms with Crippen molar-refractivity contribution in [1.29, 1.82) is 0 Å². The lowest BCUT2D eigenvalue weighted by molar-refractivity contribution is 0.0530. The molecule has 0 spiro atoms. The number of piperidine rings is 1. The molecular formula is C24H27N5O4S. The minimum absolute atomic E-state index is 0.000415. The molecule has 9 nitrogen and oxygen atoms in total. The molecule has 2 aromatic carbocycles. The van der Waals surface area contributed by atoms with E-state index < -0.39 is 11.0 Å². The Balaban J connectivity index is 1.40. The third-order valence-electron chi connectivity index (χ3n) is 6.20. The van der Waals surface area contributed by atoms with Gasteiger partial charge in [-0.15, -0.1) is 4.40 Å². The standard InChI is InChI=1S/C24H27N5O4S/c1-15-8-9-19-18(13-15)17(10-11-26-19)24(30)29-12-3-2-5-16(29)14-33-21-7-4-6-20-22(21)23(25)28-34(31,32)27-20/h4,6-11,13,16,27,31-32H,2-3,5,12,14H2,1H3,(H2,25,28). The number of anilines is 1. The normalized spacial score (nSPS) is 20.1. The second-order valence-electron chi connectivity index (χ2n) is 8.61. The number of hydrogen-bond donors (Lipinski definition) is 4. The van der Waals surface area contributed by atoms with Crippen molar-refractivity contribution in [2.75, 3.05) is 17.9 Å². The highest BCUT2D eigenvalue weighted by Gasteiger charge is 2.30. The summed E-state index contributed by atoms with van der Waals surface area (Å²) in [4.78, 5) is 19.9. The first kappa shape index (κ1) is 22.5. The Labute approximate surface area is 199 Å². The molecule has 1 fully saturated rings. The minimum Gasteiger partial charge on any atom is -0.491 e. The maximum Gasteiger partial charge on any atom is 0.254 e. The van der Waals surface area contributed by atoms with E-state index in [0.29, 0.717) is 29.1 Å². The number of nitrogens with one attached hydrogen (secondary N) is 1. The quantitative estimate of drug-likeness (QED) is 0.436. The number of rotatable bonds is 4. The number of likely N-dealkylation sites (tertiary alicyclic amines) is 1. The lowest BCUT2D eigenvalue weighted by atomic mass is 9.99. The number of benzene rings is 2. The van der Waals surface area contributed by atoms with Crippen LogP contribution in [0.5, 0.6) is 5.75 Å². The van der Waals surface area contributed by atoms with Crippen molar-refractivity contribution in [3.8, 4) is 5.75 Å². The Bertz CT molecular complexity index is 1300. The smallest absolute Gasteiger partial charge is 0.254 e. The van der Waals surface area contributed by atoms with Crippen molar-refractivity contribution in [2.24, 2.45) is 10.1 Å². The predicted molar refractivity (Wildman–Crippen MR) is 134 cm³/mol. The molecule has 178 valence electrons. The molecule has 2 aliphatic heterocycles. The van der Waals surface area contributed by atoms with Gasteiger partial charge in [-0.2, -0.15) is 0 Å². The Kier molecular flexibility index (Phi) is 5.80. The van der Waals surface area contributed by atoms with E-state index in [0.717, 1.165) is 35.7 Å². The van der Waals surface area contributed by atoms with Gasteiger partial charge in [0.05, 0.1) is 28.4 Å². The van der Waals surface area contributed by atoms with Gasteiger partial charge in [0.2, 0.25) is 0 Å². The van der Waals surface area contributed by atoms with Crippen LogP contribution < -0.4 is 15.2 Å². The van der Waals surface area contributed by atoms with E-state index in [2.05, 4.69) is 14.1 Å². The maximum absolute atomic E-state index is 13.6. The number of pyridine rings is 1. The number of nitrogens with two attached hydrogens (primary N) is 1. The van der Waals surface area contributed by atoms with Crippen molar-refractivity contribution in [3.63, 3.8) is 0 Å². The van der Waals surface area contributed by atoms with Gasteiger partial charge in [0.1, 0.15) is 12.4 Å². The highest BCUT2D eigenvalue weighted by Crippen LogP contribution is 2.46. The van der Waals surface area contributed by atoms with E-state index in [1.54, 1.807) is 30.5 Å². The molecule has 3 aromatic rings. The molecule has 2 aliphatic rings. The Morgan fingerprint density at radius 1 is 1.26 bits per heavy atom. The third kappa shape index (κ3) is 4.27. The molecule has 5 N–H and O–H groups in total. The summed E-state index contributed by atoms with van der Waals surface area (Å²) in [5.74, 6) is 0.446. The Morgan fingerprint density at radius 2 is 2.12 bits per heavy atom. The summed E-state index contributed by atoms with van der Waals surface area (Å²) in [6.07, 6.45) is 4.45. The van der Waals surface area contributed by atoms with Gasteiger partial charge in [-0.05, 0) is 67.5 Å². The first-order valence-corrected chi connectivity index (χ1v) is 12.7. The maximum atomic E-state index is 13.6. The first-order valence-electron chi connectivity index (χ1n) is 11.2. The largest absolute Gasteiger partial charge is 0.491 e. The molecule has 5 rings (SSSR count). The SMILES string of the molecule is Cc1ccc2nccc(C(=O)N3CCCCC3COc3cccc4c3C(N)=NS(O)(O)N4)c2c1. The molecule has 1 aromatic heterocycles. The molecule has 1 unspecified atom stereocenters. The minimum atomic E-state index is -3.37. The van der Waals surface area contributed by atoms with E-state index in [-0.39, 0.29) is 24.4 Å². The zero-order valence-electron chi connectivity index (χ0n) is 18.8. The average molecular weight is 482 g/mol. The first-order chi connectivity index (χ1) is 16.3. The van der Waals surface area contributed by atoms with Gasteiger partial charge in [-0.3, -0.25) is 23.6 Å².